The fourth-order valence-corrected chi connectivity index (χ4v) is 1.72. The van der Waals surface area contributed by atoms with Gasteiger partial charge in [0.05, 0.1) is 11.9 Å². The van der Waals surface area contributed by atoms with E-state index in [4.69, 9.17) is 11.6 Å². The molecular formula is C14H10ClF3N2O2. The lowest BCUT2D eigenvalue weighted by Gasteiger charge is -2.09. The molecule has 116 valence electrons. The summed E-state index contributed by atoms with van der Waals surface area (Å²) in [6.07, 6.45) is -3.23. The highest BCUT2D eigenvalue weighted by Crippen LogP contribution is 2.18. The van der Waals surface area contributed by atoms with Crippen LogP contribution in [0, 0.1) is 0 Å². The highest BCUT2D eigenvalue weighted by Gasteiger charge is 2.28. The quantitative estimate of drug-likeness (QED) is 0.924. The number of halogens is 4. The molecule has 1 amide bonds. The number of rotatable bonds is 4. The monoisotopic (exact) mass is 330 g/mol. The van der Waals surface area contributed by atoms with E-state index in [1.54, 1.807) is 18.2 Å². The second-order valence-electron chi connectivity index (χ2n) is 4.25. The van der Waals surface area contributed by atoms with Gasteiger partial charge in [0, 0.05) is 16.7 Å². The summed E-state index contributed by atoms with van der Waals surface area (Å²) in [6.45, 7) is -1.42. The van der Waals surface area contributed by atoms with Gasteiger partial charge in [-0.3, -0.25) is 4.79 Å². The van der Waals surface area contributed by atoms with Crippen LogP contribution in [0.2, 0.25) is 5.02 Å². The topological polar surface area (TPSA) is 51.2 Å². The summed E-state index contributed by atoms with van der Waals surface area (Å²) in [7, 11) is 0. The van der Waals surface area contributed by atoms with Crippen LogP contribution >= 0.6 is 11.6 Å². The molecule has 0 aliphatic heterocycles. The fraction of sp³-hybridized carbons (Fsp3) is 0.143. The van der Waals surface area contributed by atoms with Gasteiger partial charge >= 0.3 is 6.18 Å². The summed E-state index contributed by atoms with van der Waals surface area (Å²) in [4.78, 5) is 15.6. The van der Waals surface area contributed by atoms with Crippen molar-refractivity contribution in [2.24, 2.45) is 0 Å². The van der Waals surface area contributed by atoms with Gasteiger partial charge in [0.2, 0.25) is 5.88 Å². The molecular weight excluding hydrogens is 321 g/mol. The number of carbonyl (C=O) groups excluding carboxylic acids is 1. The van der Waals surface area contributed by atoms with Crippen LogP contribution in [0.4, 0.5) is 18.9 Å². The van der Waals surface area contributed by atoms with Crippen molar-refractivity contribution in [1.29, 1.82) is 0 Å². The van der Waals surface area contributed by atoms with Crippen molar-refractivity contribution >= 4 is 23.2 Å². The molecule has 8 heteroatoms. The maximum Gasteiger partial charge on any atom is 0.422 e. The number of hydrogen-bond acceptors (Lipinski definition) is 3. The van der Waals surface area contributed by atoms with Crippen LogP contribution in [-0.4, -0.2) is 23.7 Å². The van der Waals surface area contributed by atoms with Crippen molar-refractivity contribution in [3.8, 4) is 5.88 Å². The van der Waals surface area contributed by atoms with Gasteiger partial charge in [-0.1, -0.05) is 17.7 Å². The SMILES string of the molecule is O=C(Nc1ccc(OCC(F)(F)F)nc1)c1cccc(Cl)c1. The number of alkyl halides is 3. The number of benzene rings is 1. The third kappa shape index (κ3) is 4.92. The molecule has 0 saturated carbocycles. The standard InChI is InChI=1S/C14H10ClF3N2O2/c15-10-3-1-2-9(6-10)13(21)20-11-4-5-12(19-7-11)22-8-14(16,17)18/h1-7H,8H2,(H,20,21). The summed E-state index contributed by atoms with van der Waals surface area (Å²) >= 11 is 5.78. The predicted octanol–water partition coefficient (Wildman–Crippen LogP) is 3.93. The van der Waals surface area contributed by atoms with Gasteiger partial charge in [-0.15, -0.1) is 0 Å². The van der Waals surface area contributed by atoms with Crippen molar-refractivity contribution in [3.05, 3.63) is 53.2 Å². The molecule has 0 fully saturated rings. The lowest BCUT2D eigenvalue weighted by Crippen LogP contribution is -2.19. The first-order valence-electron chi connectivity index (χ1n) is 6.06. The molecule has 1 heterocycles. The van der Waals surface area contributed by atoms with Crippen LogP contribution in [0.15, 0.2) is 42.6 Å². The Hall–Kier alpha value is -2.28. The second-order valence-corrected chi connectivity index (χ2v) is 4.69. The number of nitrogens with zero attached hydrogens (tertiary/aromatic N) is 1. The minimum atomic E-state index is -4.43. The van der Waals surface area contributed by atoms with E-state index in [1.165, 1.54) is 24.4 Å². The maximum atomic E-state index is 12.0. The molecule has 4 nitrogen and oxygen atoms in total. The van der Waals surface area contributed by atoms with E-state index in [2.05, 4.69) is 15.0 Å². The largest absolute Gasteiger partial charge is 0.468 e. The van der Waals surface area contributed by atoms with Crippen LogP contribution in [-0.2, 0) is 0 Å². The zero-order chi connectivity index (χ0) is 16.2. The van der Waals surface area contributed by atoms with Crippen molar-refractivity contribution in [3.63, 3.8) is 0 Å². The van der Waals surface area contributed by atoms with E-state index in [0.717, 1.165) is 0 Å². The average molecular weight is 331 g/mol. The highest BCUT2D eigenvalue weighted by atomic mass is 35.5. The molecule has 0 aliphatic rings. The minimum absolute atomic E-state index is 0.182. The summed E-state index contributed by atoms with van der Waals surface area (Å²) in [5, 5.41) is 2.97. The third-order valence-corrected chi connectivity index (χ3v) is 2.70. The summed E-state index contributed by atoms with van der Waals surface area (Å²) < 4.78 is 40.4. The normalized spacial score (nSPS) is 11.1. The number of carbonyl (C=O) groups is 1. The number of amides is 1. The molecule has 1 N–H and O–H groups in total. The Bertz CT molecular complexity index is 660. The summed E-state index contributed by atoms with van der Waals surface area (Å²) in [6, 6.07) is 8.96. The molecule has 1 aromatic carbocycles. The molecule has 0 radical (unpaired) electrons. The Morgan fingerprint density at radius 3 is 2.64 bits per heavy atom. The minimum Gasteiger partial charge on any atom is -0.468 e. The Kier molecular flexibility index (Phi) is 4.87. The maximum absolute atomic E-state index is 12.0. The number of nitrogens with one attached hydrogen (secondary N) is 1. The molecule has 1 aromatic heterocycles. The van der Waals surface area contributed by atoms with Crippen LogP contribution in [0.25, 0.3) is 0 Å². The lowest BCUT2D eigenvalue weighted by molar-refractivity contribution is -0.154. The van der Waals surface area contributed by atoms with Crippen molar-refractivity contribution in [2.45, 2.75) is 6.18 Å². The zero-order valence-electron chi connectivity index (χ0n) is 11.0. The predicted molar refractivity (Wildman–Crippen MR) is 75.2 cm³/mol. The first-order chi connectivity index (χ1) is 10.3. The highest BCUT2D eigenvalue weighted by molar-refractivity contribution is 6.31. The average Bonchev–Trinajstić information content (AvgIpc) is 2.46. The molecule has 0 atom stereocenters. The van der Waals surface area contributed by atoms with Crippen LogP contribution < -0.4 is 10.1 Å². The van der Waals surface area contributed by atoms with Gasteiger partial charge < -0.3 is 10.1 Å². The van der Waals surface area contributed by atoms with Crippen LogP contribution in [0.3, 0.4) is 0 Å². The van der Waals surface area contributed by atoms with E-state index in [9.17, 15) is 18.0 Å². The van der Waals surface area contributed by atoms with Crippen LogP contribution in [0.5, 0.6) is 5.88 Å². The van der Waals surface area contributed by atoms with E-state index < -0.39 is 18.7 Å². The Balaban J connectivity index is 1.98. The second kappa shape index (κ2) is 6.65. The van der Waals surface area contributed by atoms with Crippen molar-refractivity contribution < 1.29 is 22.7 Å². The summed E-state index contributed by atoms with van der Waals surface area (Å²) in [5.74, 6) is -0.591. The Morgan fingerprint density at radius 2 is 2.05 bits per heavy atom. The van der Waals surface area contributed by atoms with Gasteiger partial charge in [-0.05, 0) is 24.3 Å². The Morgan fingerprint density at radius 1 is 1.27 bits per heavy atom. The molecule has 0 aliphatic carbocycles. The lowest BCUT2D eigenvalue weighted by atomic mass is 10.2. The molecule has 0 saturated heterocycles. The first kappa shape index (κ1) is 16.1. The fourth-order valence-electron chi connectivity index (χ4n) is 1.53. The Labute approximate surface area is 128 Å². The van der Waals surface area contributed by atoms with Gasteiger partial charge in [0.25, 0.3) is 5.91 Å². The first-order valence-corrected chi connectivity index (χ1v) is 6.44. The van der Waals surface area contributed by atoms with Crippen molar-refractivity contribution in [2.75, 3.05) is 11.9 Å². The third-order valence-electron chi connectivity index (χ3n) is 2.46. The molecule has 0 spiro atoms. The van der Waals surface area contributed by atoms with Gasteiger partial charge in [0.1, 0.15) is 0 Å². The van der Waals surface area contributed by atoms with E-state index in [1.807, 2.05) is 0 Å². The van der Waals surface area contributed by atoms with E-state index >= 15 is 0 Å². The number of pyridine rings is 1. The van der Waals surface area contributed by atoms with Gasteiger partial charge in [-0.25, -0.2) is 4.98 Å². The van der Waals surface area contributed by atoms with Crippen LogP contribution in [0.1, 0.15) is 10.4 Å². The molecule has 0 unspecified atom stereocenters. The van der Waals surface area contributed by atoms with Gasteiger partial charge in [0.15, 0.2) is 6.61 Å². The molecule has 2 rings (SSSR count). The van der Waals surface area contributed by atoms with E-state index in [0.29, 0.717) is 16.3 Å². The molecule has 22 heavy (non-hydrogen) atoms. The number of ether oxygens (including phenoxy) is 1. The number of anilines is 1. The van der Waals surface area contributed by atoms with Gasteiger partial charge in [-0.2, -0.15) is 13.2 Å². The summed E-state index contributed by atoms with van der Waals surface area (Å²) in [5.41, 5.74) is 0.675. The molecule has 0 bridgehead atoms. The smallest absolute Gasteiger partial charge is 0.422 e. The molecule has 2 aromatic rings. The number of aromatic nitrogens is 1. The van der Waals surface area contributed by atoms with Crippen molar-refractivity contribution in [1.82, 2.24) is 4.98 Å². The number of hydrogen-bond donors (Lipinski definition) is 1. The zero-order valence-corrected chi connectivity index (χ0v) is 11.8. The van der Waals surface area contributed by atoms with E-state index in [-0.39, 0.29) is 5.88 Å².